The fourth-order valence-electron chi connectivity index (χ4n) is 2.67. The lowest BCUT2D eigenvalue weighted by atomic mass is 10.1. The summed E-state index contributed by atoms with van der Waals surface area (Å²) < 4.78 is 114. The smallest absolute Gasteiger partial charge is 0.280 e. The lowest BCUT2D eigenvalue weighted by Crippen LogP contribution is -2.55. The molecule has 8 nitrogen and oxygen atoms in total. The zero-order valence-electron chi connectivity index (χ0n) is 24.3. The molecule has 1 aromatic carbocycles. The number of halogens is 2. The van der Waals surface area contributed by atoms with E-state index in [1.54, 1.807) is 0 Å². The van der Waals surface area contributed by atoms with Crippen molar-refractivity contribution in [3.05, 3.63) is 58.4 Å². The first-order valence-corrected chi connectivity index (χ1v) is 11.0. The fourth-order valence-corrected chi connectivity index (χ4v) is 4.80. The Kier molecular flexibility index (Phi) is 3.57. The van der Waals surface area contributed by atoms with Crippen molar-refractivity contribution in [3.63, 3.8) is 0 Å². The molecule has 4 rings (SSSR count). The number of anilines is 1. The molecule has 3 atom stereocenters. The van der Waals surface area contributed by atoms with Gasteiger partial charge in [0.2, 0.25) is 5.91 Å². The van der Waals surface area contributed by atoms with Crippen LogP contribution in [0.5, 0.6) is 0 Å². The van der Waals surface area contributed by atoms with Crippen LogP contribution in [-0.4, -0.2) is 41.4 Å². The highest BCUT2D eigenvalue weighted by Crippen LogP contribution is 2.36. The molecule has 0 saturated carbocycles. The van der Waals surface area contributed by atoms with Crippen LogP contribution in [0.2, 0.25) is 5.02 Å². The first-order chi connectivity index (χ1) is 18.2. The van der Waals surface area contributed by atoms with Gasteiger partial charge in [0.15, 0.2) is 0 Å². The van der Waals surface area contributed by atoms with Gasteiger partial charge in [-0.15, -0.1) is 11.3 Å². The molecule has 1 unspecified atom stereocenters. The molecule has 12 heteroatoms. The lowest BCUT2D eigenvalue weighted by molar-refractivity contribution is -0.120. The van der Waals surface area contributed by atoms with Crippen LogP contribution in [0.4, 0.5) is 10.1 Å². The van der Waals surface area contributed by atoms with Crippen molar-refractivity contribution in [1.29, 1.82) is 0 Å². The lowest BCUT2D eigenvalue weighted by Gasteiger charge is -2.35. The molecule has 31 heavy (non-hydrogen) atoms. The van der Waals surface area contributed by atoms with E-state index in [1.807, 2.05) is 4.72 Å². The van der Waals surface area contributed by atoms with Gasteiger partial charge in [-0.2, -0.15) is 22.5 Å². The van der Waals surface area contributed by atoms with Gasteiger partial charge in [0.25, 0.3) is 10.2 Å². The van der Waals surface area contributed by atoms with Crippen molar-refractivity contribution in [2.24, 2.45) is 6.98 Å². The van der Waals surface area contributed by atoms with E-state index in [4.69, 9.17) is 23.9 Å². The molecule has 0 bridgehead atoms. The van der Waals surface area contributed by atoms with Crippen LogP contribution in [0.15, 0.2) is 42.7 Å². The number of thiophene rings is 1. The van der Waals surface area contributed by atoms with Crippen molar-refractivity contribution < 1.29 is 29.9 Å². The molecule has 1 amide bonds. The third-order valence-corrected chi connectivity index (χ3v) is 6.74. The molecule has 3 aromatic rings. The number of rotatable bonds is 4. The maximum atomic E-state index is 13.6. The molecule has 1 saturated heterocycles. The molecule has 1 aliphatic heterocycles. The minimum Gasteiger partial charge on any atom is -0.325 e. The molecule has 2 N–H and O–H groups in total. The summed E-state index contributed by atoms with van der Waals surface area (Å²) in [7, 11) is -5.31. The van der Waals surface area contributed by atoms with E-state index in [2.05, 4.69) is 10.4 Å². The maximum Gasteiger partial charge on any atom is 0.280 e. The van der Waals surface area contributed by atoms with Crippen LogP contribution >= 0.6 is 22.9 Å². The third kappa shape index (κ3) is 4.51. The average Bonchev–Trinajstić information content (AvgIpc) is 3.48. The number of carbonyl (C=O) groups excluding carboxylic acids is 1. The van der Waals surface area contributed by atoms with Gasteiger partial charge >= 0.3 is 0 Å². The first kappa shape index (κ1) is 13.3. The Hall–Kier alpha value is -2.31. The molecule has 3 heterocycles. The molecule has 0 spiro atoms. The number of likely N-dealkylation sites (N-methyl/N-ethyl adjacent to an activating group) is 1. The van der Waals surface area contributed by atoms with E-state index in [-0.39, 0.29) is 16.1 Å². The van der Waals surface area contributed by atoms with Crippen LogP contribution in [0.1, 0.15) is 29.6 Å². The summed E-state index contributed by atoms with van der Waals surface area (Å²) in [6, 6.07) is -0.769. The van der Waals surface area contributed by atoms with Crippen molar-refractivity contribution >= 4 is 44.7 Å². The fraction of sp³-hybridized carbons (Fsp3) is 0.263. The maximum absolute atomic E-state index is 13.6. The predicted octanol–water partition coefficient (Wildman–Crippen LogP) is 3.16. The second-order valence-electron chi connectivity index (χ2n) is 6.24. The average molecular weight is 493 g/mol. The van der Waals surface area contributed by atoms with Crippen LogP contribution in [0.3, 0.4) is 0 Å². The van der Waals surface area contributed by atoms with Crippen LogP contribution < -0.4 is 10.0 Å². The van der Waals surface area contributed by atoms with Crippen molar-refractivity contribution in [2.75, 3.05) is 12.3 Å². The van der Waals surface area contributed by atoms with Gasteiger partial charge in [0.1, 0.15) is 11.8 Å². The summed E-state index contributed by atoms with van der Waals surface area (Å²) in [6.45, 7) is -6.22. The summed E-state index contributed by atoms with van der Waals surface area (Å²) >= 11 is 6.46. The quantitative estimate of drug-likeness (QED) is 0.584. The van der Waals surface area contributed by atoms with Crippen LogP contribution in [0, 0.1) is 5.82 Å². The Labute approximate surface area is 200 Å². The number of aryl methyl sites for hydroxylation is 1. The van der Waals surface area contributed by atoms with Gasteiger partial charge in [-0.1, -0.05) is 11.6 Å². The van der Waals surface area contributed by atoms with E-state index < -0.39 is 63.6 Å². The second kappa shape index (κ2) is 8.32. The summed E-state index contributed by atoms with van der Waals surface area (Å²) in [5.41, 5.74) is 0.0558. The Morgan fingerprint density at radius 3 is 3.00 bits per heavy atom. The third-order valence-electron chi connectivity index (χ3n) is 4.13. The molecule has 1 aliphatic rings. The molecule has 164 valence electrons. The van der Waals surface area contributed by atoms with E-state index in [1.165, 1.54) is 24.5 Å². The van der Waals surface area contributed by atoms with Gasteiger partial charge in [-0.25, -0.2) is 4.39 Å². The summed E-state index contributed by atoms with van der Waals surface area (Å²) in [6.07, 6.45) is -0.0141. The number of amides is 1. The largest absolute Gasteiger partial charge is 0.325 e. The molecule has 0 aliphatic carbocycles. The highest BCUT2D eigenvalue weighted by molar-refractivity contribution is 7.87. The predicted molar refractivity (Wildman–Crippen MR) is 118 cm³/mol. The zero-order chi connectivity index (χ0) is 30.1. The monoisotopic (exact) mass is 492 g/mol. The Morgan fingerprint density at radius 2 is 2.29 bits per heavy atom. The van der Waals surface area contributed by atoms with Gasteiger partial charge < -0.3 is 5.32 Å². The summed E-state index contributed by atoms with van der Waals surface area (Å²) in [4.78, 5) is 13.5. The van der Waals surface area contributed by atoms with E-state index in [9.17, 15) is 17.6 Å². The number of aromatic nitrogens is 2. The van der Waals surface area contributed by atoms with Crippen molar-refractivity contribution in [1.82, 2.24) is 18.8 Å². The highest BCUT2D eigenvalue weighted by Gasteiger charge is 2.41. The van der Waals surface area contributed by atoms with Gasteiger partial charge in [-0.3, -0.25) is 9.48 Å². The van der Waals surface area contributed by atoms with Gasteiger partial charge in [-0.05, 0) is 36.7 Å². The number of hydrogen-bond donors (Lipinski definition) is 2. The molecule has 2 aromatic heterocycles. The summed E-state index contributed by atoms with van der Waals surface area (Å²) in [5, 5.41) is 5.42. The standard InChI is InChI=1S/C19H19ClFN5O3S2/c1-25-10-11(9-22-25)17-5-6-18(30-17)15-8-16(26(2)31(28,29)24-15)19(27)23-12-3-4-14(21)13(20)7-12/h3-7,9-10,15-16,24H,8H2,1-2H3,(H,23,27)/t15-,16+/m1/s1/i1D3,2D3,8D,15D,16D/t8?,15-,16+. The number of nitrogens with one attached hydrogen (secondary N) is 2. The number of nitrogens with zero attached hydrogens (tertiary/aromatic N) is 3. The minimum absolute atomic E-state index is 0.202. The first-order valence-electron chi connectivity index (χ1n) is 13.0. The van der Waals surface area contributed by atoms with E-state index >= 15 is 0 Å². The molecular formula is C19H19ClFN5O3S2. The number of carbonyl (C=O) groups is 1. The van der Waals surface area contributed by atoms with E-state index in [0.29, 0.717) is 9.56 Å². The zero-order valence-corrected chi connectivity index (χ0v) is 17.6. The van der Waals surface area contributed by atoms with Gasteiger partial charge in [0, 0.05) is 50.7 Å². The topological polar surface area (TPSA) is 96.3 Å². The number of benzene rings is 1. The summed E-state index contributed by atoms with van der Waals surface area (Å²) in [5.74, 6) is -2.46. The SMILES string of the molecule is [2H]C1[C@]([2H])(c2ccc(-c3cnn(C([2H])([2H])[2H])c3)s2)NS(=O)(=O)N(C([2H])([2H])[2H])[C@]1([2H])C(=O)Nc1ccc(F)c(Cl)c1. The Balaban J connectivity index is 1.80. The normalized spacial score (nSPS) is 33.4. The molecule has 0 radical (unpaired) electrons. The van der Waals surface area contributed by atoms with Gasteiger partial charge in [0.05, 0.1) is 20.0 Å². The highest BCUT2D eigenvalue weighted by atomic mass is 35.5. The van der Waals surface area contributed by atoms with Crippen LogP contribution in [-0.2, 0) is 22.0 Å². The molecule has 1 fully saturated rings. The van der Waals surface area contributed by atoms with Crippen molar-refractivity contribution in [2.45, 2.75) is 18.4 Å². The minimum atomic E-state index is -5.31. The Bertz CT molecular complexity index is 1580. The number of hydrogen-bond acceptors (Lipinski definition) is 5. The molecular weight excluding hydrogens is 465 g/mol. The Morgan fingerprint density at radius 1 is 1.45 bits per heavy atom. The van der Waals surface area contributed by atoms with E-state index in [0.717, 1.165) is 29.5 Å². The second-order valence-corrected chi connectivity index (χ2v) is 9.25. The van der Waals surface area contributed by atoms with Crippen LogP contribution in [0.25, 0.3) is 10.4 Å². The van der Waals surface area contributed by atoms with Crippen molar-refractivity contribution in [3.8, 4) is 10.4 Å².